The number of furan rings is 1. The minimum atomic E-state index is -1.00. The number of fused-ring (bicyclic) bond motifs is 2. The Balaban J connectivity index is 1.28. The fourth-order valence-corrected chi connectivity index (χ4v) is 6.78. The van der Waals surface area contributed by atoms with Crippen LogP contribution >= 0.6 is 0 Å². The lowest BCUT2D eigenvalue weighted by Gasteiger charge is -2.43. The summed E-state index contributed by atoms with van der Waals surface area (Å²) in [4.78, 5) is 57.9. The van der Waals surface area contributed by atoms with Crippen molar-refractivity contribution in [2.45, 2.75) is 44.1 Å². The second-order valence-corrected chi connectivity index (χ2v) is 9.99. The van der Waals surface area contributed by atoms with Crippen LogP contribution in [0.5, 0.6) is 0 Å². The highest BCUT2D eigenvalue weighted by atomic mass is 16.6. The van der Waals surface area contributed by atoms with Crippen molar-refractivity contribution in [2.24, 2.45) is 17.8 Å². The molecular weight excluding hydrogens is 454 g/mol. The van der Waals surface area contributed by atoms with Gasteiger partial charge in [-0.15, -0.1) is 0 Å². The molecule has 0 unspecified atom stereocenters. The number of piperazine rings is 1. The maximum atomic E-state index is 14.0. The number of rotatable bonds is 3. The molecular formula is C25H29N3O7. The van der Waals surface area contributed by atoms with Crippen LogP contribution in [0.2, 0.25) is 0 Å². The predicted octanol–water partition coefficient (Wildman–Crippen LogP) is 1.38. The monoisotopic (exact) mass is 483 g/mol. The summed E-state index contributed by atoms with van der Waals surface area (Å²) in [6.45, 7) is 5.40. The second kappa shape index (κ2) is 7.94. The van der Waals surface area contributed by atoms with Crippen molar-refractivity contribution in [1.29, 1.82) is 0 Å². The topological polar surface area (TPSA) is 110 Å². The minimum Gasteiger partial charge on any atom is -0.467 e. The van der Waals surface area contributed by atoms with Crippen LogP contribution in [0.4, 0.5) is 4.79 Å². The summed E-state index contributed by atoms with van der Waals surface area (Å²) in [7, 11) is 0. The van der Waals surface area contributed by atoms with Crippen LogP contribution in [0, 0.1) is 17.8 Å². The van der Waals surface area contributed by atoms with Crippen molar-refractivity contribution in [3.8, 4) is 0 Å². The van der Waals surface area contributed by atoms with Crippen molar-refractivity contribution in [1.82, 2.24) is 14.7 Å². The van der Waals surface area contributed by atoms with Gasteiger partial charge in [0.05, 0.1) is 42.9 Å². The Bertz CT molecular complexity index is 1090. The Hall–Kier alpha value is -3.14. The molecule has 0 aliphatic carbocycles. The molecule has 2 bridgehead atoms. The van der Waals surface area contributed by atoms with E-state index < -0.39 is 41.5 Å². The van der Waals surface area contributed by atoms with Gasteiger partial charge in [-0.05, 0) is 19.1 Å². The Morgan fingerprint density at radius 3 is 2.60 bits per heavy atom. The summed E-state index contributed by atoms with van der Waals surface area (Å²) in [5, 5.41) is 0. The molecule has 6 rings (SSSR count). The highest BCUT2D eigenvalue weighted by molar-refractivity contribution is 5.96. The maximum absolute atomic E-state index is 14.0. The number of piperidine rings is 1. The third kappa shape index (κ3) is 3.05. The molecule has 10 nitrogen and oxygen atoms in total. The first-order valence-corrected chi connectivity index (χ1v) is 12.3. The van der Waals surface area contributed by atoms with Gasteiger partial charge in [0.15, 0.2) is 0 Å². The highest BCUT2D eigenvalue weighted by Gasteiger charge is 2.74. The first-order valence-electron chi connectivity index (χ1n) is 12.3. The molecule has 1 spiro atoms. The normalized spacial score (nSPS) is 37.6. The SMILES string of the molecule is CCOC(=O)N1CCN(C(=O)[C@H]2[C@@H]3C=C[C@]4(O3)[C@@H]2C(=O)N2[C@@H](c3ccco3)CC(=O)[C@H](C)[C@@H]24)CC1. The molecule has 4 fully saturated rings. The average molecular weight is 484 g/mol. The number of Topliss-reactive ketones (excluding diaryl/α,β-unsaturated/α-hetero) is 1. The van der Waals surface area contributed by atoms with Gasteiger partial charge in [0, 0.05) is 38.5 Å². The molecule has 186 valence electrons. The van der Waals surface area contributed by atoms with Gasteiger partial charge in [0.25, 0.3) is 0 Å². The number of carbonyl (C=O) groups is 4. The average Bonchev–Trinajstić information content (AvgIpc) is 3.64. The first-order chi connectivity index (χ1) is 16.9. The lowest BCUT2D eigenvalue weighted by Crippen LogP contribution is -2.55. The largest absolute Gasteiger partial charge is 0.467 e. The van der Waals surface area contributed by atoms with E-state index in [1.807, 2.05) is 19.1 Å². The molecule has 7 atom stereocenters. The minimum absolute atomic E-state index is 0.0563. The van der Waals surface area contributed by atoms with Gasteiger partial charge in [-0.3, -0.25) is 14.4 Å². The van der Waals surface area contributed by atoms with Gasteiger partial charge in [-0.1, -0.05) is 19.1 Å². The fraction of sp³-hybridized carbons (Fsp3) is 0.600. The number of amides is 3. The Morgan fingerprint density at radius 1 is 1.17 bits per heavy atom. The molecule has 0 saturated carbocycles. The summed E-state index contributed by atoms with van der Waals surface area (Å²) in [6.07, 6.45) is 4.61. The number of nitrogens with zero attached hydrogens (tertiary/aromatic N) is 3. The number of carbonyl (C=O) groups excluding carboxylic acids is 4. The first kappa shape index (κ1) is 22.3. The van der Waals surface area contributed by atoms with Crippen LogP contribution < -0.4 is 0 Å². The zero-order valence-electron chi connectivity index (χ0n) is 19.8. The van der Waals surface area contributed by atoms with E-state index in [-0.39, 0.29) is 30.1 Å². The van der Waals surface area contributed by atoms with Gasteiger partial charge < -0.3 is 28.6 Å². The molecule has 5 aliphatic heterocycles. The van der Waals surface area contributed by atoms with Crippen LogP contribution in [0.15, 0.2) is 35.0 Å². The molecule has 4 saturated heterocycles. The van der Waals surface area contributed by atoms with E-state index in [4.69, 9.17) is 13.9 Å². The van der Waals surface area contributed by atoms with Crippen molar-refractivity contribution in [3.63, 3.8) is 0 Å². The summed E-state index contributed by atoms with van der Waals surface area (Å²) in [6, 6.07) is 2.53. The Labute approximate surface area is 202 Å². The predicted molar refractivity (Wildman–Crippen MR) is 120 cm³/mol. The van der Waals surface area contributed by atoms with Crippen molar-refractivity contribution in [3.05, 3.63) is 36.3 Å². The van der Waals surface area contributed by atoms with Gasteiger partial charge >= 0.3 is 6.09 Å². The summed E-state index contributed by atoms with van der Waals surface area (Å²) < 4.78 is 17.1. The fourth-order valence-electron chi connectivity index (χ4n) is 6.78. The third-order valence-electron chi connectivity index (χ3n) is 8.35. The van der Waals surface area contributed by atoms with E-state index in [9.17, 15) is 19.2 Å². The van der Waals surface area contributed by atoms with Gasteiger partial charge in [0.1, 0.15) is 17.1 Å². The zero-order valence-corrected chi connectivity index (χ0v) is 19.8. The zero-order chi connectivity index (χ0) is 24.5. The van der Waals surface area contributed by atoms with Crippen LogP contribution in [-0.4, -0.2) is 88.9 Å². The van der Waals surface area contributed by atoms with E-state index >= 15 is 0 Å². The lowest BCUT2D eigenvalue weighted by atomic mass is 9.70. The smallest absolute Gasteiger partial charge is 0.409 e. The van der Waals surface area contributed by atoms with Crippen molar-refractivity contribution in [2.75, 3.05) is 32.8 Å². The molecule has 3 amide bonds. The standard InChI is InChI=1S/C25H29N3O7/c1-3-33-24(32)27-10-8-26(9-11-27)22(30)19-18-6-7-25(35-18)20(19)23(31)28-15(17-5-4-12-34-17)13-16(29)14(2)21(25)28/h4-7,12,14-15,18-21H,3,8-11,13H2,1-2H3/t14-,15+,18-,19-,20-,21+,25-/m0/s1. The molecule has 35 heavy (non-hydrogen) atoms. The van der Waals surface area contributed by atoms with E-state index in [2.05, 4.69) is 0 Å². The van der Waals surface area contributed by atoms with E-state index in [0.29, 0.717) is 38.5 Å². The van der Waals surface area contributed by atoms with E-state index in [0.717, 1.165) is 0 Å². The molecule has 6 heterocycles. The number of hydrogen-bond acceptors (Lipinski definition) is 7. The molecule has 0 N–H and O–H groups in total. The van der Waals surface area contributed by atoms with Crippen molar-refractivity contribution >= 4 is 23.7 Å². The molecule has 1 aromatic heterocycles. The lowest BCUT2D eigenvalue weighted by molar-refractivity contribution is -0.150. The quantitative estimate of drug-likeness (QED) is 0.598. The van der Waals surface area contributed by atoms with E-state index in [1.54, 1.807) is 33.8 Å². The van der Waals surface area contributed by atoms with Crippen molar-refractivity contribution < 1.29 is 33.1 Å². The van der Waals surface area contributed by atoms with Crippen LogP contribution in [0.1, 0.15) is 32.1 Å². The molecule has 5 aliphatic rings. The Kier molecular flexibility index (Phi) is 5.07. The highest BCUT2D eigenvalue weighted by Crippen LogP contribution is 2.60. The van der Waals surface area contributed by atoms with Gasteiger partial charge in [0.2, 0.25) is 11.8 Å². The summed E-state index contributed by atoms with van der Waals surface area (Å²) >= 11 is 0. The van der Waals surface area contributed by atoms with Crippen LogP contribution in [0.25, 0.3) is 0 Å². The molecule has 0 radical (unpaired) electrons. The maximum Gasteiger partial charge on any atom is 0.409 e. The summed E-state index contributed by atoms with van der Waals surface area (Å²) in [5.74, 6) is -1.45. The Morgan fingerprint density at radius 2 is 1.91 bits per heavy atom. The van der Waals surface area contributed by atoms with Gasteiger partial charge in [-0.2, -0.15) is 0 Å². The van der Waals surface area contributed by atoms with Crippen LogP contribution in [0.3, 0.4) is 0 Å². The van der Waals surface area contributed by atoms with E-state index in [1.165, 1.54) is 6.26 Å². The number of ether oxygens (including phenoxy) is 2. The van der Waals surface area contributed by atoms with Gasteiger partial charge in [-0.25, -0.2) is 4.79 Å². The number of ketones is 1. The number of hydrogen-bond donors (Lipinski definition) is 0. The molecule has 10 heteroatoms. The molecule has 1 aromatic rings. The third-order valence-corrected chi connectivity index (χ3v) is 8.35. The molecule has 0 aromatic carbocycles. The summed E-state index contributed by atoms with van der Waals surface area (Å²) in [5.41, 5.74) is -1.00. The second-order valence-electron chi connectivity index (χ2n) is 9.99. The van der Waals surface area contributed by atoms with Crippen LogP contribution in [-0.2, 0) is 23.9 Å².